The number of aromatic nitrogens is 2. The molecular formula is C20H23N3O3S. The number of fused-ring (bicyclic) bond motifs is 1. The number of benzene rings is 1. The van der Waals surface area contributed by atoms with E-state index >= 15 is 0 Å². The van der Waals surface area contributed by atoms with Crippen molar-refractivity contribution in [1.82, 2.24) is 15.1 Å². The number of carbonyl (C=O) groups excluding carboxylic acids is 2. The number of nitrogens with one attached hydrogen (secondary N) is 1. The summed E-state index contributed by atoms with van der Waals surface area (Å²) >= 11 is 1.36. The number of amides is 1. The van der Waals surface area contributed by atoms with Gasteiger partial charge in [0.25, 0.3) is 0 Å². The van der Waals surface area contributed by atoms with Crippen molar-refractivity contribution in [1.29, 1.82) is 0 Å². The maximum atomic E-state index is 12.2. The van der Waals surface area contributed by atoms with E-state index in [-0.39, 0.29) is 18.5 Å². The molecule has 2 aromatic heterocycles. The van der Waals surface area contributed by atoms with Crippen LogP contribution in [0.15, 0.2) is 30.3 Å². The average Bonchev–Trinajstić information content (AvgIpc) is 3.20. The van der Waals surface area contributed by atoms with Crippen molar-refractivity contribution >= 4 is 33.4 Å². The third-order valence-electron chi connectivity index (χ3n) is 4.32. The zero-order chi connectivity index (χ0) is 19.4. The summed E-state index contributed by atoms with van der Waals surface area (Å²) in [6, 6.07) is 9.96. The fraction of sp³-hybridized carbons (Fsp3) is 0.350. The molecule has 0 unspecified atom stereocenters. The van der Waals surface area contributed by atoms with Crippen molar-refractivity contribution < 1.29 is 14.3 Å². The Morgan fingerprint density at radius 1 is 1.22 bits per heavy atom. The van der Waals surface area contributed by atoms with Crippen molar-refractivity contribution in [3.8, 4) is 0 Å². The third kappa shape index (κ3) is 4.74. The van der Waals surface area contributed by atoms with Gasteiger partial charge in [0.2, 0.25) is 5.91 Å². The van der Waals surface area contributed by atoms with E-state index < -0.39 is 0 Å². The van der Waals surface area contributed by atoms with Crippen molar-refractivity contribution in [2.75, 3.05) is 13.2 Å². The van der Waals surface area contributed by atoms with Crippen molar-refractivity contribution in [2.45, 2.75) is 26.7 Å². The summed E-state index contributed by atoms with van der Waals surface area (Å²) < 4.78 is 7.02. The quantitative estimate of drug-likeness (QED) is 0.501. The van der Waals surface area contributed by atoms with Crippen molar-refractivity contribution in [3.05, 3.63) is 52.0 Å². The number of rotatable bonds is 7. The highest BCUT2D eigenvalue weighted by molar-refractivity contribution is 7.20. The SMILES string of the molecule is Cc1ccc(CCC(=O)NCCOC(=O)c2cc3c(C)nn(C)c3s2)cc1. The first-order valence-corrected chi connectivity index (χ1v) is 9.68. The Morgan fingerprint density at radius 3 is 2.67 bits per heavy atom. The van der Waals surface area contributed by atoms with Gasteiger partial charge in [0.05, 0.1) is 12.2 Å². The molecule has 1 N–H and O–H groups in total. The van der Waals surface area contributed by atoms with E-state index in [0.717, 1.165) is 21.5 Å². The second kappa shape index (κ2) is 8.35. The Labute approximate surface area is 162 Å². The summed E-state index contributed by atoms with van der Waals surface area (Å²) in [5, 5.41) is 8.07. The van der Waals surface area contributed by atoms with Gasteiger partial charge >= 0.3 is 5.97 Å². The van der Waals surface area contributed by atoms with E-state index in [0.29, 0.717) is 24.3 Å². The maximum Gasteiger partial charge on any atom is 0.348 e. The second-order valence-corrected chi connectivity index (χ2v) is 7.54. The first-order chi connectivity index (χ1) is 12.9. The van der Waals surface area contributed by atoms with Crippen LogP contribution < -0.4 is 5.32 Å². The highest BCUT2D eigenvalue weighted by Gasteiger charge is 2.16. The predicted octanol–water partition coefficient (Wildman–Crippen LogP) is 3.16. The second-order valence-electron chi connectivity index (χ2n) is 6.51. The molecular weight excluding hydrogens is 362 g/mol. The number of thiophene rings is 1. The lowest BCUT2D eigenvalue weighted by molar-refractivity contribution is -0.121. The van der Waals surface area contributed by atoms with E-state index in [2.05, 4.69) is 10.4 Å². The summed E-state index contributed by atoms with van der Waals surface area (Å²) in [7, 11) is 1.85. The van der Waals surface area contributed by atoms with Crippen molar-refractivity contribution in [3.63, 3.8) is 0 Å². The van der Waals surface area contributed by atoms with Crippen LogP contribution in [0.4, 0.5) is 0 Å². The summed E-state index contributed by atoms with van der Waals surface area (Å²) in [6.45, 7) is 4.41. The van der Waals surface area contributed by atoms with Gasteiger partial charge in [0.15, 0.2) is 0 Å². The first-order valence-electron chi connectivity index (χ1n) is 8.86. The lowest BCUT2D eigenvalue weighted by atomic mass is 10.1. The van der Waals surface area contributed by atoms with Gasteiger partial charge in [-0.05, 0) is 31.9 Å². The fourth-order valence-electron chi connectivity index (χ4n) is 2.81. The minimum absolute atomic E-state index is 0.0461. The van der Waals surface area contributed by atoms with Crippen LogP contribution in [-0.4, -0.2) is 34.8 Å². The van der Waals surface area contributed by atoms with Gasteiger partial charge in [-0.2, -0.15) is 5.10 Å². The molecule has 142 valence electrons. The van der Waals surface area contributed by atoms with Crippen LogP contribution in [0, 0.1) is 13.8 Å². The molecule has 3 aromatic rings. The Balaban J connectivity index is 1.39. The van der Waals surface area contributed by atoms with E-state index in [4.69, 9.17) is 4.74 Å². The topological polar surface area (TPSA) is 73.2 Å². The van der Waals surface area contributed by atoms with E-state index in [9.17, 15) is 9.59 Å². The Bertz CT molecular complexity index is 922. The van der Waals surface area contributed by atoms with Crippen LogP contribution in [0.25, 0.3) is 10.2 Å². The average molecular weight is 385 g/mol. The molecule has 7 heteroatoms. The molecule has 1 aromatic carbocycles. The summed E-state index contributed by atoms with van der Waals surface area (Å²) in [4.78, 5) is 25.6. The highest BCUT2D eigenvalue weighted by atomic mass is 32.1. The summed E-state index contributed by atoms with van der Waals surface area (Å²) in [5.41, 5.74) is 3.23. The minimum Gasteiger partial charge on any atom is -0.460 e. The molecule has 1 amide bonds. The van der Waals surface area contributed by atoms with Gasteiger partial charge in [0.1, 0.15) is 16.3 Å². The molecule has 0 saturated heterocycles. The number of nitrogens with zero attached hydrogens (tertiary/aromatic N) is 2. The summed E-state index contributed by atoms with van der Waals surface area (Å²) in [6.07, 6.45) is 1.11. The lowest BCUT2D eigenvalue weighted by Gasteiger charge is -2.06. The minimum atomic E-state index is -0.371. The number of hydrogen-bond donors (Lipinski definition) is 1. The van der Waals surface area contributed by atoms with E-state index in [1.165, 1.54) is 16.9 Å². The third-order valence-corrected chi connectivity index (χ3v) is 5.50. The number of ether oxygens (including phenoxy) is 1. The summed E-state index contributed by atoms with van der Waals surface area (Å²) in [5.74, 6) is -0.417. The lowest BCUT2D eigenvalue weighted by Crippen LogP contribution is -2.28. The van der Waals surface area contributed by atoms with Crippen LogP contribution in [0.3, 0.4) is 0 Å². The van der Waals surface area contributed by atoms with E-state index in [1.807, 2.05) is 51.2 Å². The molecule has 0 aliphatic heterocycles. The van der Waals surface area contributed by atoms with Gasteiger partial charge < -0.3 is 10.1 Å². The van der Waals surface area contributed by atoms with Crippen LogP contribution in [-0.2, 0) is 23.0 Å². The standard InChI is InChI=1S/C20H23N3O3S/c1-13-4-6-15(7-5-13)8-9-18(24)21-10-11-26-20(25)17-12-16-14(2)22-23(3)19(16)27-17/h4-7,12H,8-11H2,1-3H3,(H,21,24). The first kappa shape index (κ1) is 19.1. The Morgan fingerprint density at radius 2 is 1.96 bits per heavy atom. The molecule has 6 nitrogen and oxygen atoms in total. The van der Waals surface area contributed by atoms with Crippen LogP contribution in [0.1, 0.15) is 32.9 Å². The van der Waals surface area contributed by atoms with Gasteiger partial charge in [-0.3, -0.25) is 9.48 Å². The molecule has 3 rings (SSSR count). The number of esters is 1. The van der Waals surface area contributed by atoms with Crippen LogP contribution in [0.5, 0.6) is 0 Å². The fourth-order valence-corrected chi connectivity index (χ4v) is 3.83. The van der Waals surface area contributed by atoms with Gasteiger partial charge in [0, 0.05) is 18.9 Å². The van der Waals surface area contributed by atoms with Crippen LogP contribution in [0.2, 0.25) is 0 Å². The molecule has 0 aliphatic carbocycles. The molecule has 2 heterocycles. The molecule has 0 bridgehead atoms. The molecule has 0 atom stereocenters. The zero-order valence-corrected chi connectivity index (χ0v) is 16.6. The number of aryl methyl sites for hydroxylation is 4. The number of carbonyl (C=O) groups is 2. The largest absolute Gasteiger partial charge is 0.460 e. The van der Waals surface area contributed by atoms with Gasteiger partial charge in [-0.15, -0.1) is 11.3 Å². The Kier molecular flexibility index (Phi) is 5.91. The maximum absolute atomic E-state index is 12.2. The smallest absolute Gasteiger partial charge is 0.348 e. The van der Waals surface area contributed by atoms with Crippen LogP contribution >= 0.6 is 11.3 Å². The van der Waals surface area contributed by atoms with E-state index in [1.54, 1.807) is 4.68 Å². The molecule has 27 heavy (non-hydrogen) atoms. The molecule has 0 radical (unpaired) electrons. The van der Waals surface area contributed by atoms with Crippen molar-refractivity contribution in [2.24, 2.45) is 7.05 Å². The Hall–Kier alpha value is -2.67. The van der Waals surface area contributed by atoms with Gasteiger partial charge in [-0.25, -0.2) is 4.79 Å². The monoisotopic (exact) mass is 385 g/mol. The molecule has 0 aliphatic rings. The highest BCUT2D eigenvalue weighted by Crippen LogP contribution is 2.27. The normalized spacial score (nSPS) is 10.9. The molecule has 0 fully saturated rings. The predicted molar refractivity (Wildman–Crippen MR) is 106 cm³/mol. The molecule has 0 spiro atoms. The van der Waals surface area contributed by atoms with Gasteiger partial charge in [-0.1, -0.05) is 29.8 Å². The number of hydrogen-bond acceptors (Lipinski definition) is 5. The molecule has 0 saturated carbocycles. The zero-order valence-electron chi connectivity index (χ0n) is 15.7.